The van der Waals surface area contributed by atoms with E-state index in [0.717, 1.165) is 11.1 Å². The fourth-order valence-electron chi connectivity index (χ4n) is 1.43. The van der Waals surface area contributed by atoms with Crippen LogP contribution in [0.3, 0.4) is 0 Å². The van der Waals surface area contributed by atoms with Crippen LogP contribution in [0.4, 0.5) is 0 Å². The highest BCUT2D eigenvalue weighted by Gasteiger charge is 2.14. The third kappa shape index (κ3) is 1.96. The van der Waals surface area contributed by atoms with Gasteiger partial charge in [0.2, 0.25) is 5.28 Å². The number of halogens is 2. The highest BCUT2D eigenvalue weighted by molar-refractivity contribution is 6.33. The van der Waals surface area contributed by atoms with E-state index in [1.165, 1.54) is 0 Å². The topological polar surface area (TPSA) is 46.0 Å². The summed E-state index contributed by atoms with van der Waals surface area (Å²) < 4.78 is 0. The summed E-state index contributed by atoms with van der Waals surface area (Å²) in [5.41, 5.74) is 2.11. The Hall–Kier alpha value is -1.32. The molecule has 82 valence electrons. The van der Waals surface area contributed by atoms with E-state index < -0.39 is 0 Å². The highest BCUT2D eigenvalue weighted by Crippen LogP contribution is 2.34. The zero-order valence-electron chi connectivity index (χ0n) is 8.41. The van der Waals surface area contributed by atoms with Crippen LogP contribution < -0.4 is 0 Å². The first kappa shape index (κ1) is 11.2. The second-order valence-electron chi connectivity index (χ2n) is 3.30. The molecule has 0 saturated heterocycles. The van der Waals surface area contributed by atoms with Gasteiger partial charge in [0.25, 0.3) is 0 Å². The number of nitrogens with zero attached hydrogens (tertiary/aromatic N) is 2. The van der Waals surface area contributed by atoms with E-state index in [2.05, 4.69) is 9.97 Å². The molecule has 2 rings (SSSR count). The van der Waals surface area contributed by atoms with Crippen LogP contribution in [0.25, 0.3) is 11.3 Å². The van der Waals surface area contributed by atoms with Gasteiger partial charge in [0.1, 0.15) is 5.69 Å². The molecule has 2 aromatic rings. The Kier molecular flexibility index (Phi) is 2.99. The van der Waals surface area contributed by atoms with Gasteiger partial charge in [-0.2, -0.15) is 0 Å². The molecular weight excluding hydrogens is 247 g/mol. The predicted molar refractivity (Wildman–Crippen MR) is 63.9 cm³/mol. The van der Waals surface area contributed by atoms with Crippen molar-refractivity contribution < 1.29 is 5.11 Å². The lowest BCUT2D eigenvalue weighted by Gasteiger charge is -2.07. The minimum Gasteiger partial charge on any atom is -0.503 e. The lowest BCUT2D eigenvalue weighted by atomic mass is 10.1. The van der Waals surface area contributed by atoms with Crippen molar-refractivity contribution in [1.82, 2.24) is 9.97 Å². The average Bonchev–Trinajstić information content (AvgIpc) is 2.24. The van der Waals surface area contributed by atoms with Crippen molar-refractivity contribution in [3.05, 3.63) is 40.3 Å². The van der Waals surface area contributed by atoms with Gasteiger partial charge in [-0.3, -0.25) is 0 Å². The predicted octanol–water partition coefficient (Wildman–Crippen LogP) is 3.46. The molecule has 0 saturated carbocycles. The van der Waals surface area contributed by atoms with Crippen LogP contribution in [-0.4, -0.2) is 15.1 Å². The van der Waals surface area contributed by atoms with Crippen LogP contribution in [0.5, 0.6) is 5.75 Å². The standard InChI is InChI=1S/C11H8Cl2N2O/c1-6-4-2-3-5-7(6)8-9(16)10(12)15-11(13)14-8/h2-5,16H,1H3. The van der Waals surface area contributed by atoms with Crippen LogP contribution in [0.2, 0.25) is 10.4 Å². The Morgan fingerprint density at radius 1 is 1.12 bits per heavy atom. The second kappa shape index (κ2) is 4.28. The van der Waals surface area contributed by atoms with E-state index in [1.807, 2.05) is 31.2 Å². The molecule has 0 aliphatic heterocycles. The third-order valence-corrected chi connectivity index (χ3v) is 2.65. The van der Waals surface area contributed by atoms with E-state index in [-0.39, 0.29) is 16.2 Å². The molecule has 0 aliphatic carbocycles. The minimum absolute atomic E-state index is 0.0149. The van der Waals surface area contributed by atoms with E-state index >= 15 is 0 Å². The molecule has 1 heterocycles. The summed E-state index contributed by atoms with van der Waals surface area (Å²) in [6.07, 6.45) is 0. The molecule has 1 aromatic carbocycles. The Labute approximate surface area is 103 Å². The van der Waals surface area contributed by atoms with E-state index in [0.29, 0.717) is 5.69 Å². The number of aromatic hydroxyl groups is 1. The molecule has 0 unspecified atom stereocenters. The molecule has 16 heavy (non-hydrogen) atoms. The van der Waals surface area contributed by atoms with Crippen LogP contribution in [-0.2, 0) is 0 Å². The fourth-order valence-corrected chi connectivity index (χ4v) is 1.81. The SMILES string of the molecule is Cc1ccccc1-c1nc(Cl)nc(Cl)c1O. The quantitative estimate of drug-likeness (QED) is 0.626. The highest BCUT2D eigenvalue weighted by atomic mass is 35.5. The van der Waals surface area contributed by atoms with Gasteiger partial charge in [-0.25, -0.2) is 9.97 Å². The van der Waals surface area contributed by atoms with Gasteiger partial charge in [0, 0.05) is 5.56 Å². The molecule has 0 amide bonds. The van der Waals surface area contributed by atoms with Gasteiger partial charge < -0.3 is 5.11 Å². The molecule has 3 nitrogen and oxygen atoms in total. The summed E-state index contributed by atoms with van der Waals surface area (Å²) in [5.74, 6) is -0.152. The molecule has 0 fully saturated rings. The van der Waals surface area contributed by atoms with Crippen LogP contribution in [0, 0.1) is 6.92 Å². The first-order valence-electron chi connectivity index (χ1n) is 4.57. The molecule has 1 aromatic heterocycles. The molecule has 0 bridgehead atoms. The Balaban J connectivity index is 2.69. The zero-order chi connectivity index (χ0) is 11.7. The molecular formula is C11H8Cl2N2O. The van der Waals surface area contributed by atoms with Gasteiger partial charge in [-0.05, 0) is 24.1 Å². The van der Waals surface area contributed by atoms with Crippen molar-refractivity contribution in [1.29, 1.82) is 0 Å². The average molecular weight is 255 g/mol. The van der Waals surface area contributed by atoms with Crippen molar-refractivity contribution >= 4 is 23.2 Å². The van der Waals surface area contributed by atoms with Gasteiger partial charge in [0.05, 0.1) is 0 Å². The van der Waals surface area contributed by atoms with Gasteiger partial charge in [0.15, 0.2) is 10.9 Å². The summed E-state index contributed by atoms with van der Waals surface area (Å²) in [6, 6.07) is 7.51. The lowest BCUT2D eigenvalue weighted by Crippen LogP contribution is -1.92. The Bertz CT molecular complexity index is 544. The second-order valence-corrected chi connectivity index (χ2v) is 3.99. The Morgan fingerprint density at radius 3 is 2.50 bits per heavy atom. The molecule has 0 aliphatic rings. The molecule has 0 radical (unpaired) electrons. The summed E-state index contributed by atoms with van der Waals surface area (Å²) >= 11 is 11.4. The first-order valence-corrected chi connectivity index (χ1v) is 5.33. The van der Waals surface area contributed by atoms with Gasteiger partial charge in [-0.1, -0.05) is 35.9 Å². The van der Waals surface area contributed by atoms with E-state index in [4.69, 9.17) is 23.2 Å². The molecule has 0 atom stereocenters. The number of aromatic nitrogens is 2. The minimum atomic E-state index is -0.152. The summed E-state index contributed by atoms with van der Waals surface area (Å²) in [7, 11) is 0. The van der Waals surface area contributed by atoms with E-state index in [1.54, 1.807) is 0 Å². The monoisotopic (exact) mass is 254 g/mol. The smallest absolute Gasteiger partial charge is 0.224 e. The van der Waals surface area contributed by atoms with Gasteiger partial charge >= 0.3 is 0 Å². The fraction of sp³-hybridized carbons (Fsp3) is 0.0909. The largest absolute Gasteiger partial charge is 0.503 e. The van der Waals surface area contributed by atoms with Crippen LogP contribution in [0.15, 0.2) is 24.3 Å². The molecule has 0 spiro atoms. The molecule has 5 heteroatoms. The Morgan fingerprint density at radius 2 is 1.81 bits per heavy atom. The number of hydrogen-bond acceptors (Lipinski definition) is 3. The first-order chi connectivity index (χ1) is 7.59. The summed E-state index contributed by atoms with van der Waals surface area (Å²) in [5, 5.41) is 9.76. The van der Waals surface area contributed by atoms with Crippen molar-refractivity contribution in [2.24, 2.45) is 0 Å². The summed E-state index contributed by atoms with van der Waals surface area (Å²) in [4.78, 5) is 7.64. The van der Waals surface area contributed by atoms with Crippen molar-refractivity contribution in [3.63, 3.8) is 0 Å². The maximum atomic E-state index is 9.78. The number of hydrogen-bond donors (Lipinski definition) is 1. The lowest BCUT2D eigenvalue weighted by molar-refractivity contribution is 0.472. The molecule has 1 N–H and O–H groups in total. The van der Waals surface area contributed by atoms with Crippen molar-refractivity contribution in [2.45, 2.75) is 6.92 Å². The third-order valence-electron chi connectivity index (χ3n) is 2.21. The maximum absolute atomic E-state index is 9.78. The van der Waals surface area contributed by atoms with Crippen LogP contribution >= 0.6 is 23.2 Å². The number of rotatable bonds is 1. The van der Waals surface area contributed by atoms with Crippen LogP contribution in [0.1, 0.15) is 5.56 Å². The summed E-state index contributed by atoms with van der Waals surface area (Å²) in [6.45, 7) is 1.92. The normalized spacial score (nSPS) is 10.4. The van der Waals surface area contributed by atoms with E-state index in [9.17, 15) is 5.11 Å². The maximum Gasteiger partial charge on any atom is 0.224 e. The number of benzene rings is 1. The zero-order valence-corrected chi connectivity index (χ0v) is 9.92. The van der Waals surface area contributed by atoms with Crippen molar-refractivity contribution in [3.8, 4) is 17.0 Å². The van der Waals surface area contributed by atoms with Crippen molar-refractivity contribution in [2.75, 3.05) is 0 Å². The van der Waals surface area contributed by atoms with Gasteiger partial charge in [-0.15, -0.1) is 0 Å². The number of aryl methyl sites for hydroxylation is 1.